The zero-order valence-electron chi connectivity index (χ0n) is 12.9. The highest BCUT2D eigenvalue weighted by molar-refractivity contribution is 7.99. The highest BCUT2D eigenvalue weighted by atomic mass is 32.2. The molecule has 1 heterocycles. The third-order valence-electron chi connectivity index (χ3n) is 2.84. The lowest BCUT2D eigenvalue weighted by Crippen LogP contribution is -2.15. The van der Waals surface area contributed by atoms with E-state index in [2.05, 4.69) is 15.3 Å². The molecule has 0 aliphatic carbocycles. The summed E-state index contributed by atoms with van der Waals surface area (Å²) in [5.74, 6) is 0.627. The van der Waals surface area contributed by atoms with Crippen LogP contribution in [0.15, 0.2) is 35.5 Å². The van der Waals surface area contributed by atoms with Crippen LogP contribution in [0.3, 0.4) is 0 Å². The van der Waals surface area contributed by atoms with Crippen LogP contribution >= 0.6 is 11.8 Å². The molecule has 0 bridgehead atoms. The van der Waals surface area contributed by atoms with Gasteiger partial charge in [0, 0.05) is 18.5 Å². The molecule has 2 aromatic rings. The van der Waals surface area contributed by atoms with Crippen LogP contribution in [-0.4, -0.2) is 28.7 Å². The highest BCUT2D eigenvalue weighted by Gasteiger charge is 2.11. The van der Waals surface area contributed by atoms with Gasteiger partial charge in [0.15, 0.2) is 5.16 Å². The fraction of sp³-hybridized carbons (Fsp3) is 0.312. The number of methoxy groups -OCH3 is 1. The van der Waals surface area contributed by atoms with Crippen molar-refractivity contribution in [3.8, 4) is 0 Å². The third-order valence-corrected chi connectivity index (χ3v) is 3.57. The predicted molar refractivity (Wildman–Crippen MR) is 88.3 cm³/mol. The molecule has 0 atom stereocenters. The van der Waals surface area contributed by atoms with E-state index in [-0.39, 0.29) is 5.91 Å². The van der Waals surface area contributed by atoms with E-state index in [1.54, 1.807) is 13.2 Å². The maximum absolute atomic E-state index is 12.4. The van der Waals surface area contributed by atoms with Crippen LogP contribution < -0.4 is 5.32 Å². The lowest BCUT2D eigenvalue weighted by Gasteiger charge is -2.08. The van der Waals surface area contributed by atoms with Crippen LogP contribution in [0.5, 0.6) is 0 Å². The fourth-order valence-electron chi connectivity index (χ4n) is 1.95. The van der Waals surface area contributed by atoms with Gasteiger partial charge in [-0.2, -0.15) is 0 Å². The Morgan fingerprint density at radius 3 is 2.86 bits per heavy atom. The van der Waals surface area contributed by atoms with Crippen molar-refractivity contribution in [3.05, 3.63) is 47.3 Å². The average Bonchev–Trinajstić information content (AvgIpc) is 2.47. The molecule has 0 saturated carbocycles. The smallest absolute Gasteiger partial charge is 0.274 e. The largest absolute Gasteiger partial charge is 0.380 e. The van der Waals surface area contributed by atoms with E-state index in [4.69, 9.17) is 4.74 Å². The molecule has 5 nitrogen and oxygen atoms in total. The number of ether oxygens (including phenoxy) is 1. The topological polar surface area (TPSA) is 64.1 Å². The number of benzene rings is 1. The van der Waals surface area contributed by atoms with Crippen molar-refractivity contribution in [1.29, 1.82) is 0 Å². The first-order chi connectivity index (χ1) is 10.6. The molecule has 0 aliphatic rings. The summed E-state index contributed by atoms with van der Waals surface area (Å²) in [7, 11) is 1.64. The maximum Gasteiger partial charge on any atom is 0.274 e. The van der Waals surface area contributed by atoms with Crippen LogP contribution in [0, 0.1) is 6.92 Å². The van der Waals surface area contributed by atoms with Gasteiger partial charge in [-0.25, -0.2) is 9.97 Å². The number of hydrogen-bond donors (Lipinski definition) is 1. The van der Waals surface area contributed by atoms with Gasteiger partial charge in [0.1, 0.15) is 5.69 Å². The number of nitrogens with one attached hydrogen (secondary N) is 1. The number of anilines is 1. The van der Waals surface area contributed by atoms with Crippen LogP contribution in [0.2, 0.25) is 0 Å². The summed E-state index contributed by atoms with van der Waals surface area (Å²) in [6.45, 7) is 4.39. The summed E-state index contributed by atoms with van der Waals surface area (Å²) in [6.07, 6.45) is 0. The molecule has 1 amide bonds. The number of hydrogen-bond acceptors (Lipinski definition) is 5. The summed E-state index contributed by atoms with van der Waals surface area (Å²) >= 11 is 1.52. The normalized spacial score (nSPS) is 10.5. The van der Waals surface area contributed by atoms with Gasteiger partial charge < -0.3 is 10.1 Å². The van der Waals surface area contributed by atoms with E-state index in [9.17, 15) is 4.79 Å². The summed E-state index contributed by atoms with van der Waals surface area (Å²) in [6, 6.07) is 9.25. The predicted octanol–water partition coefficient (Wildman–Crippen LogP) is 3.30. The zero-order valence-corrected chi connectivity index (χ0v) is 13.7. The van der Waals surface area contributed by atoms with Gasteiger partial charge in [0.2, 0.25) is 0 Å². The summed E-state index contributed by atoms with van der Waals surface area (Å²) in [5.41, 5.74) is 2.88. The Hall–Kier alpha value is -1.92. The molecule has 1 aromatic heterocycles. The first-order valence-electron chi connectivity index (χ1n) is 7.00. The Labute approximate surface area is 134 Å². The molecular weight excluding hydrogens is 298 g/mol. The van der Waals surface area contributed by atoms with E-state index >= 15 is 0 Å². The second-order valence-electron chi connectivity index (χ2n) is 4.70. The zero-order chi connectivity index (χ0) is 15.9. The van der Waals surface area contributed by atoms with Crippen LogP contribution in [0.4, 0.5) is 5.69 Å². The van der Waals surface area contributed by atoms with Gasteiger partial charge in [-0.15, -0.1) is 0 Å². The van der Waals surface area contributed by atoms with Crippen molar-refractivity contribution in [2.45, 2.75) is 25.6 Å². The molecule has 0 spiro atoms. The number of rotatable bonds is 6. The van der Waals surface area contributed by atoms with Gasteiger partial charge in [-0.1, -0.05) is 30.8 Å². The molecule has 2 rings (SSSR count). The van der Waals surface area contributed by atoms with Gasteiger partial charge in [0.25, 0.3) is 5.91 Å². The quantitative estimate of drug-likeness (QED) is 0.654. The van der Waals surface area contributed by atoms with Crippen molar-refractivity contribution in [2.75, 3.05) is 18.2 Å². The minimum atomic E-state index is -0.238. The minimum absolute atomic E-state index is 0.238. The summed E-state index contributed by atoms with van der Waals surface area (Å²) in [4.78, 5) is 21.0. The Kier molecular flexibility index (Phi) is 5.91. The summed E-state index contributed by atoms with van der Waals surface area (Å²) < 4.78 is 5.09. The lowest BCUT2D eigenvalue weighted by molar-refractivity contribution is 0.102. The Morgan fingerprint density at radius 2 is 2.14 bits per heavy atom. The van der Waals surface area contributed by atoms with E-state index in [1.807, 2.05) is 38.1 Å². The second-order valence-corrected chi connectivity index (χ2v) is 5.93. The molecule has 0 fully saturated rings. The molecular formula is C16H19N3O2S. The number of thioether (sulfide) groups is 1. The van der Waals surface area contributed by atoms with Crippen molar-refractivity contribution in [2.24, 2.45) is 0 Å². The molecule has 116 valence electrons. The van der Waals surface area contributed by atoms with E-state index in [0.29, 0.717) is 17.5 Å². The third kappa shape index (κ3) is 4.54. The second kappa shape index (κ2) is 7.91. The van der Waals surface area contributed by atoms with E-state index in [1.165, 1.54) is 11.8 Å². The number of carbonyl (C=O) groups is 1. The SMILES string of the molecule is CCSc1nc(C)cc(C(=O)Nc2cccc(COC)c2)n1. The molecule has 0 radical (unpaired) electrons. The average molecular weight is 317 g/mol. The van der Waals surface area contributed by atoms with Gasteiger partial charge in [-0.3, -0.25) is 4.79 Å². The lowest BCUT2D eigenvalue weighted by atomic mass is 10.2. The highest BCUT2D eigenvalue weighted by Crippen LogP contribution is 2.16. The number of nitrogens with zero attached hydrogens (tertiary/aromatic N) is 2. The Morgan fingerprint density at radius 1 is 1.32 bits per heavy atom. The van der Waals surface area contributed by atoms with Gasteiger partial charge in [0.05, 0.1) is 6.61 Å². The number of aromatic nitrogens is 2. The molecule has 0 aliphatic heterocycles. The minimum Gasteiger partial charge on any atom is -0.380 e. The molecule has 0 saturated heterocycles. The molecule has 1 N–H and O–H groups in total. The Bertz CT molecular complexity index is 662. The summed E-state index contributed by atoms with van der Waals surface area (Å²) in [5, 5.41) is 3.49. The monoisotopic (exact) mass is 317 g/mol. The Balaban J connectivity index is 2.16. The van der Waals surface area contributed by atoms with Crippen LogP contribution in [-0.2, 0) is 11.3 Å². The first kappa shape index (κ1) is 16.5. The van der Waals surface area contributed by atoms with E-state index < -0.39 is 0 Å². The number of amides is 1. The molecule has 22 heavy (non-hydrogen) atoms. The van der Waals surface area contributed by atoms with E-state index in [0.717, 1.165) is 22.7 Å². The molecule has 1 aromatic carbocycles. The number of aryl methyl sites for hydroxylation is 1. The van der Waals surface area contributed by atoms with Crippen molar-refractivity contribution in [3.63, 3.8) is 0 Å². The molecule has 0 unspecified atom stereocenters. The standard InChI is InChI=1S/C16H19N3O2S/c1-4-22-16-17-11(2)8-14(19-16)15(20)18-13-7-5-6-12(9-13)10-21-3/h5-9H,4,10H2,1-3H3,(H,18,20). The first-order valence-corrected chi connectivity index (χ1v) is 7.98. The van der Waals surface area contributed by atoms with Crippen LogP contribution in [0.25, 0.3) is 0 Å². The molecule has 6 heteroatoms. The van der Waals surface area contributed by atoms with Crippen molar-refractivity contribution >= 4 is 23.4 Å². The van der Waals surface area contributed by atoms with Crippen LogP contribution in [0.1, 0.15) is 28.7 Å². The van der Waals surface area contributed by atoms with Gasteiger partial charge in [-0.05, 0) is 36.4 Å². The number of carbonyl (C=O) groups excluding carboxylic acids is 1. The fourth-order valence-corrected chi connectivity index (χ4v) is 2.58. The van der Waals surface area contributed by atoms with Gasteiger partial charge >= 0.3 is 0 Å². The van der Waals surface area contributed by atoms with Crippen molar-refractivity contribution in [1.82, 2.24) is 9.97 Å². The maximum atomic E-state index is 12.4. The van der Waals surface area contributed by atoms with Crippen molar-refractivity contribution < 1.29 is 9.53 Å².